The Morgan fingerprint density at radius 1 is 1.05 bits per heavy atom. The van der Waals surface area contributed by atoms with E-state index in [0.29, 0.717) is 30.2 Å². The van der Waals surface area contributed by atoms with E-state index in [0.717, 1.165) is 15.9 Å². The number of nitrogens with zero attached hydrogens (tertiary/aromatic N) is 2. The van der Waals surface area contributed by atoms with Gasteiger partial charge in [-0.2, -0.15) is 22.6 Å². The molecule has 1 saturated heterocycles. The predicted molar refractivity (Wildman–Crippen MR) is 134 cm³/mol. The van der Waals surface area contributed by atoms with Crippen LogP contribution in [0.15, 0.2) is 45.9 Å². The number of aromatic nitrogens is 2. The van der Waals surface area contributed by atoms with E-state index in [-0.39, 0.29) is 43.5 Å². The van der Waals surface area contributed by atoms with E-state index in [1.54, 1.807) is 18.2 Å². The maximum Gasteiger partial charge on any atom is 0.432 e. The summed E-state index contributed by atoms with van der Waals surface area (Å²) in [4.78, 5) is 25.6. The molecule has 2 aliphatic rings. The fourth-order valence-electron chi connectivity index (χ4n) is 4.85. The van der Waals surface area contributed by atoms with Gasteiger partial charge in [0.05, 0.1) is 6.54 Å². The number of halogens is 3. The molecule has 5 rings (SSSR count). The molecule has 2 atom stereocenters. The molecule has 1 fully saturated rings. The minimum Gasteiger partial charge on any atom is -0.491 e. The molecule has 4 bridgehead atoms. The van der Waals surface area contributed by atoms with Crippen molar-refractivity contribution in [3.63, 3.8) is 0 Å². The number of hydrogen-bond donors (Lipinski definition) is 3. The molecule has 0 spiro atoms. The van der Waals surface area contributed by atoms with Crippen LogP contribution in [0.5, 0.6) is 5.75 Å². The Bertz CT molecular complexity index is 1530. The molecule has 2 aromatic heterocycles. The number of fused-ring (bicyclic) bond motifs is 4. The van der Waals surface area contributed by atoms with Gasteiger partial charge in [0.25, 0.3) is 15.9 Å². The molecule has 4 heterocycles. The Morgan fingerprint density at radius 2 is 1.82 bits per heavy atom. The number of alkyl halides is 3. The quantitative estimate of drug-likeness (QED) is 0.431. The summed E-state index contributed by atoms with van der Waals surface area (Å²) in [6.45, 7) is 2.10. The summed E-state index contributed by atoms with van der Waals surface area (Å²) in [7, 11) is -4.37. The van der Waals surface area contributed by atoms with Crippen LogP contribution in [0.2, 0.25) is 0 Å². The zero-order valence-corrected chi connectivity index (χ0v) is 22.1. The van der Waals surface area contributed by atoms with Gasteiger partial charge in [-0.3, -0.25) is 14.7 Å². The minimum atomic E-state index is -4.67. The van der Waals surface area contributed by atoms with Gasteiger partial charge in [0, 0.05) is 30.6 Å². The fourth-order valence-corrected chi connectivity index (χ4v) is 6.64. The lowest BCUT2D eigenvalue weighted by Crippen LogP contribution is -2.47. The molecular weight excluding hydrogens is 555 g/mol. The molecule has 0 unspecified atom stereocenters. The molecule has 0 radical (unpaired) electrons. The number of amides is 2. The number of H-pyrrole nitrogens is 1. The van der Waals surface area contributed by atoms with Crippen LogP contribution in [-0.2, 0) is 21.0 Å². The number of furan rings is 1. The summed E-state index contributed by atoms with van der Waals surface area (Å²) in [5, 5.41) is 10.4. The van der Waals surface area contributed by atoms with Crippen LogP contribution in [0.3, 0.4) is 0 Å². The highest BCUT2D eigenvalue weighted by Gasteiger charge is 2.44. The number of aromatic amines is 1. The van der Waals surface area contributed by atoms with Crippen molar-refractivity contribution in [2.24, 2.45) is 0 Å². The first-order valence-corrected chi connectivity index (χ1v) is 13.9. The summed E-state index contributed by atoms with van der Waals surface area (Å²) in [5.74, 6) is -0.489. The van der Waals surface area contributed by atoms with Crippen molar-refractivity contribution < 1.29 is 40.3 Å². The summed E-state index contributed by atoms with van der Waals surface area (Å²) >= 11 is 0. The molecule has 0 aliphatic carbocycles. The van der Waals surface area contributed by atoms with Crippen molar-refractivity contribution >= 4 is 21.8 Å². The maximum atomic E-state index is 13.8. The second-order valence-electron chi connectivity index (χ2n) is 9.60. The van der Waals surface area contributed by atoms with Crippen LogP contribution in [0, 0.1) is 6.92 Å². The van der Waals surface area contributed by atoms with Crippen LogP contribution >= 0.6 is 0 Å². The van der Waals surface area contributed by atoms with E-state index >= 15 is 0 Å². The van der Waals surface area contributed by atoms with Crippen LogP contribution in [0.4, 0.5) is 13.2 Å². The Balaban J connectivity index is 1.43. The number of nitrogens with one attached hydrogen (secondary N) is 3. The van der Waals surface area contributed by atoms with E-state index in [1.165, 1.54) is 6.07 Å². The second-order valence-corrected chi connectivity index (χ2v) is 11.4. The Labute approximate surface area is 227 Å². The molecule has 2 amide bonds. The molecule has 1 aromatic carbocycles. The van der Waals surface area contributed by atoms with Gasteiger partial charge in [-0.15, -0.1) is 0 Å². The summed E-state index contributed by atoms with van der Waals surface area (Å²) < 4.78 is 78.8. The molecule has 2 aliphatic heterocycles. The lowest BCUT2D eigenvalue weighted by Gasteiger charge is -2.28. The number of benzene rings is 1. The highest BCUT2D eigenvalue weighted by molar-refractivity contribution is 7.89. The second kappa shape index (κ2) is 10.6. The number of aryl methyl sites for hydroxylation is 1. The standard InChI is InChI=1S/C25H26F3N5O6S/c1-14-2-3-15-10-20(14)38-9-8-29-22(34)11-16-4-5-17(13-30-24(15)35)33(16)40(36,37)23-7-6-19(39-23)18-12-21(32-31-18)25(26,27)28/h2-3,6-7,10,12,16-17H,4-5,8-9,11,13H2,1H3,(H,29,34)(H,30,35)(H,31,32)/t16-,17+/m0/s1. The molecule has 15 heteroatoms. The van der Waals surface area contributed by atoms with Gasteiger partial charge in [0.2, 0.25) is 11.0 Å². The van der Waals surface area contributed by atoms with Gasteiger partial charge in [0.15, 0.2) is 5.76 Å². The molecule has 11 nitrogen and oxygen atoms in total. The van der Waals surface area contributed by atoms with Gasteiger partial charge >= 0.3 is 6.18 Å². The topological polar surface area (TPSA) is 147 Å². The van der Waals surface area contributed by atoms with Crippen molar-refractivity contribution in [1.29, 1.82) is 0 Å². The van der Waals surface area contributed by atoms with E-state index in [4.69, 9.17) is 9.15 Å². The Morgan fingerprint density at radius 3 is 2.58 bits per heavy atom. The number of rotatable bonds is 3. The van der Waals surface area contributed by atoms with E-state index in [1.807, 2.05) is 12.0 Å². The molecule has 40 heavy (non-hydrogen) atoms. The third-order valence-electron chi connectivity index (χ3n) is 6.85. The first-order valence-electron chi connectivity index (χ1n) is 12.5. The number of hydrogen-bond acceptors (Lipinski definition) is 7. The number of sulfonamides is 1. The van der Waals surface area contributed by atoms with Crippen LogP contribution in [0.1, 0.15) is 40.9 Å². The minimum absolute atomic E-state index is 0.0396. The van der Waals surface area contributed by atoms with Crippen molar-refractivity contribution in [2.75, 3.05) is 19.7 Å². The molecule has 3 N–H and O–H groups in total. The highest BCUT2D eigenvalue weighted by Crippen LogP contribution is 2.36. The maximum absolute atomic E-state index is 13.8. The SMILES string of the molecule is Cc1ccc2cc1OCCNC(=O)C[C@@H]1CC[C@H](CNC2=O)N1S(=O)(=O)c1ccc(-c2cc(C(F)(F)F)[nH]n2)o1. The lowest BCUT2D eigenvalue weighted by atomic mass is 10.1. The smallest absolute Gasteiger partial charge is 0.432 e. The van der Waals surface area contributed by atoms with Gasteiger partial charge in [-0.1, -0.05) is 6.07 Å². The lowest BCUT2D eigenvalue weighted by molar-refractivity contribution is -0.141. The van der Waals surface area contributed by atoms with Gasteiger partial charge < -0.3 is 19.8 Å². The van der Waals surface area contributed by atoms with Gasteiger partial charge in [-0.05, 0) is 55.7 Å². The van der Waals surface area contributed by atoms with Gasteiger partial charge in [-0.25, -0.2) is 8.42 Å². The van der Waals surface area contributed by atoms with Crippen molar-refractivity contribution in [3.05, 3.63) is 53.2 Å². The average Bonchev–Trinajstić information content (AvgIpc) is 3.65. The van der Waals surface area contributed by atoms with Crippen LogP contribution < -0.4 is 15.4 Å². The first-order chi connectivity index (χ1) is 18.9. The van der Waals surface area contributed by atoms with E-state index < -0.39 is 45.0 Å². The number of ether oxygens (including phenoxy) is 1. The summed E-state index contributed by atoms with van der Waals surface area (Å²) in [6.07, 6.45) is -4.10. The Kier molecular flexibility index (Phi) is 7.35. The first kappa shape index (κ1) is 27.7. The average molecular weight is 582 g/mol. The van der Waals surface area contributed by atoms with Crippen molar-refractivity contribution in [3.8, 4) is 17.2 Å². The molecule has 214 valence electrons. The largest absolute Gasteiger partial charge is 0.491 e. The fraction of sp³-hybridized carbons (Fsp3) is 0.400. The normalized spacial score (nSPS) is 21.2. The third kappa shape index (κ3) is 5.56. The van der Waals surface area contributed by atoms with Crippen LogP contribution in [0.25, 0.3) is 11.5 Å². The van der Waals surface area contributed by atoms with Gasteiger partial charge in [0.1, 0.15) is 23.7 Å². The zero-order valence-electron chi connectivity index (χ0n) is 21.2. The summed E-state index contributed by atoms with van der Waals surface area (Å²) in [5.41, 5.74) is -0.192. The van der Waals surface area contributed by atoms with E-state index in [2.05, 4.69) is 15.7 Å². The zero-order chi connectivity index (χ0) is 28.7. The molecule has 3 aromatic rings. The highest BCUT2D eigenvalue weighted by atomic mass is 32.2. The van der Waals surface area contributed by atoms with E-state index in [9.17, 15) is 31.2 Å². The van der Waals surface area contributed by atoms with Crippen LogP contribution in [-0.4, -0.2) is 66.5 Å². The number of carbonyl (C=O) groups is 2. The predicted octanol–water partition coefficient (Wildman–Crippen LogP) is 2.85. The van der Waals surface area contributed by atoms with Crippen molar-refractivity contribution in [2.45, 2.75) is 49.5 Å². The third-order valence-corrected chi connectivity index (χ3v) is 8.73. The monoisotopic (exact) mass is 581 g/mol. The van der Waals surface area contributed by atoms with Crippen molar-refractivity contribution in [1.82, 2.24) is 25.1 Å². The molecule has 0 saturated carbocycles. The Hall–Kier alpha value is -3.85. The number of carbonyl (C=O) groups excluding carboxylic acids is 2. The summed E-state index contributed by atoms with van der Waals surface area (Å²) in [6, 6.07) is 6.56. The molecular formula is C25H26F3N5O6S.